The molecule has 3 nitrogen and oxygen atoms in total. The molecule has 0 heterocycles. The highest BCUT2D eigenvalue weighted by molar-refractivity contribution is 5.27. The Labute approximate surface area is 109 Å². The molecule has 0 aliphatic heterocycles. The van der Waals surface area contributed by atoms with Crippen molar-refractivity contribution in [3.05, 3.63) is 29.8 Å². The van der Waals surface area contributed by atoms with Crippen LogP contribution in [0.1, 0.15) is 31.2 Å². The second-order valence-electron chi connectivity index (χ2n) is 5.30. The molecule has 1 aromatic carbocycles. The van der Waals surface area contributed by atoms with E-state index < -0.39 is 0 Å². The molecule has 3 N–H and O–H groups in total. The summed E-state index contributed by atoms with van der Waals surface area (Å²) < 4.78 is 5.59. The van der Waals surface area contributed by atoms with Gasteiger partial charge in [-0.25, -0.2) is 0 Å². The number of hydrogen-bond acceptors (Lipinski definition) is 2. The highest BCUT2D eigenvalue weighted by Crippen LogP contribution is 2.14. The summed E-state index contributed by atoms with van der Waals surface area (Å²) in [6.07, 6.45) is 4.90. The van der Waals surface area contributed by atoms with E-state index in [1.165, 1.54) is 31.2 Å². The van der Waals surface area contributed by atoms with E-state index in [0.29, 0.717) is 6.61 Å². The molecule has 0 spiro atoms. The third-order valence-corrected chi connectivity index (χ3v) is 3.57. The van der Waals surface area contributed by atoms with E-state index in [1.54, 1.807) is 0 Å². The van der Waals surface area contributed by atoms with Crippen molar-refractivity contribution in [2.45, 2.75) is 44.8 Å². The normalized spacial score (nSPS) is 17.9. The van der Waals surface area contributed by atoms with Crippen LogP contribution in [-0.4, -0.2) is 30.4 Å². The summed E-state index contributed by atoms with van der Waals surface area (Å²) in [7, 11) is 0. The number of hydrogen-bond donors (Lipinski definition) is 2. The summed E-state index contributed by atoms with van der Waals surface area (Å²) in [6, 6.07) is 8.66. The molecule has 0 bridgehead atoms. The minimum atomic E-state index is -0.383. The van der Waals surface area contributed by atoms with Crippen molar-refractivity contribution in [2.24, 2.45) is 0 Å². The predicted octanol–water partition coefficient (Wildman–Crippen LogP) is 1.24. The monoisotopic (exact) mass is 250 g/mol. The SMILES string of the molecule is Cc1cccc(OC[C@H](O)C[NH2+]C2CCCC2)c1. The van der Waals surface area contributed by atoms with Gasteiger partial charge in [0.25, 0.3) is 0 Å². The number of rotatable bonds is 6. The molecule has 0 amide bonds. The average molecular weight is 250 g/mol. The zero-order chi connectivity index (χ0) is 12.8. The quantitative estimate of drug-likeness (QED) is 0.798. The molecule has 100 valence electrons. The number of quaternary nitrogens is 1. The summed E-state index contributed by atoms with van der Waals surface area (Å²) in [6.45, 7) is 3.17. The van der Waals surface area contributed by atoms with Crippen molar-refractivity contribution in [1.29, 1.82) is 0 Å². The van der Waals surface area contributed by atoms with Gasteiger partial charge in [-0.1, -0.05) is 12.1 Å². The lowest BCUT2D eigenvalue weighted by atomic mass is 10.2. The highest BCUT2D eigenvalue weighted by Gasteiger charge is 2.19. The van der Waals surface area contributed by atoms with Crippen LogP contribution in [0.15, 0.2) is 24.3 Å². The Kier molecular flexibility index (Phi) is 5.02. The van der Waals surface area contributed by atoms with Crippen LogP contribution in [0.2, 0.25) is 0 Å². The third-order valence-electron chi connectivity index (χ3n) is 3.57. The Balaban J connectivity index is 1.66. The first-order valence-electron chi connectivity index (χ1n) is 6.95. The van der Waals surface area contributed by atoms with Gasteiger partial charge in [0.05, 0.1) is 6.04 Å². The Morgan fingerprint density at radius 3 is 2.89 bits per heavy atom. The van der Waals surface area contributed by atoms with Gasteiger partial charge in [-0.15, -0.1) is 0 Å². The van der Waals surface area contributed by atoms with E-state index in [1.807, 2.05) is 31.2 Å². The van der Waals surface area contributed by atoms with Crippen LogP contribution in [0.5, 0.6) is 5.75 Å². The average Bonchev–Trinajstić information content (AvgIpc) is 2.87. The molecule has 0 saturated heterocycles. The summed E-state index contributed by atoms with van der Waals surface area (Å²) in [5.74, 6) is 0.843. The van der Waals surface area contributed by atoms with Crippen LogP contribution in [0.3, 0.4) is 0 Å². The van der Waals surface area contributed by atoms with E-state index in [9.17, 15) is 5.11 Å². The van der Waals surface area contributed by atoms with Gasteiger partial charge >= 0.3 is 0 Å². The number of aryl methyl sites for hydroxylation is 1. The van der Waals surface area contributed by atoms with Crippen molar-refractivity contribution in [1.82, 2.24) is 0 Å². The Morgan fingerprint density at radius 1 is 1.39 bits per heavy atom. The van der Waals surface area contributed by atoms with Crippen LogP contribution in [-0.2, 0) is 0 Å². The fourth-order valence-corrected chi connectivity index (χ4v) is 2.51. The summed E-state index contributed by atoms with van der Waals surface area (Å²) in [5.41, 5.74) is 1.18. The van der Waals surface area contributed by atoms with Gasteiger partial charge in [0.2, 0.25) is 0 Å². The summed E-state index contributed by atoms with van der Waals surface area (Å²) >= 11 is 0. The van der Waals surface area contributed by atoms with E-state index in [2.05, 4.69) is 5.32 Å². The van der Waals surface area contributed by atoms with Crippen molar-refractivity contribution in [3.8, 4) is 5.75 Å². The van der Waals surface area contributed by atoms with Gasteiger partial charge in [-0.05, 0) is 50.3 Å². The van der Waals surface area contributed by atoms with Gasteiger partial charge < -0.3 is 15.2 Å². The van der Waals surface area contributed by atoms with Gasteiger partial charge in [0.15, 0.2) is 0 Å². The van der Waals surface area contributed by atoms with Crippen LogP contribution >= 0.6 is 0 Å². The lowest BCUT2D eigenvalue weighted by molar-refractivity contribution is -0.693. The van der Waals surface area contributed by atoms with Gasteiger partial charge in [-0.3, -0.25) is 0 Å². The summed E-state index contributed by atoms with van der Waals surface area (Å²) in [4.78, 5) is 0. The minimum Gasteiger partial charge on any atom is -0.491 e. The Bertz CT molecular complexity index is 361. The molecule has 0 aromatic heterocycles. The number of aliphatic hydroxyl groups excluding tert-OH is 1. The van der Waals surface area contributed by atoms with Crippen molar-refractivity contribution in [2.75, 3.05) is 13.2 Å². The van der Waals surface area contributed by atoms with Crippen LogP contribution < -0.4 is 10.1 Å². The molecule has 18 heavy (non-hydrogen) atoms. The maximum Gasteiger partial charge on any atom is 0.137 e. The first kappa shape index (κ1) is 13.4. The molecule has 1 aliphatic rings. The van der Waals surface area contributed by atoms with E-state index in [-0.39, 0.29) is 6.10 Å². The molecule has 2 rings (SSSR count). The van der Waals surface area contributed by atoms with Gasteiger partial charge in [-0.2, -0.15) is 0 Å². The number of benzene rings is 1. The molecule has 3 heteroatoms. The molecular formula is C15H24NO2+. The van der Waals surface area contributed by atoms with Crippen molar-refractivity contribution in [3.63, 3.8) is 0 Å². The molecule has 1 aliphatic carbocycles. The van der Waals surface area contributed by atoms with Crippen LogP contribution in [0, 0.1) is 6.92 Å². The smallest absolute Gasteiger partial charge is 0.137 e. The van der Waals surface area contributed by atoms with Crippen LogP contribution in [0.4, 0.5) is 0 Å². The van der Waals surface area contributed by atoms with E-state index in [4.69, 9.17) is 4.74 Å². The molecular weight excluding hydrogens is 226 g/mol. The van der Waals surface area contributed by atoms with Gasteiger partial charge in [0.1, 0.15) is 25.0 Å². The molecule has 1 saturated carbocycles. The lowest BCUT2D eigenvalue weighted by Gasteiger charge is -2.14. The van der Waals surface area contributed by atoms with Crippen molar-refractivity contribution >= 4 is 0 Å². The number of ether oxygens (including phenoxy) is 1. The first-order chi connectivity index (χ1) is 8.74. The maximum atomic E-state index is 9.88. The topological polar surface area (TPSA) is 46.1 Å². The Morgan fingerprint density at radius 2 is 2.17 bits per heavy atom. The van der Waals surface area contributed by atoms with E-state index >= 15 is 0 Å². The highest BCUT2D eigenvalue weighted by atomic mass is 16.5. The molecule has 1 fully saturated rings. The third kappa shape index (κ3) is 4.31. The molecule has 1 atom stereocenters. The van der Waals surface area contributed by atoms with Crippen molar-refractivity contribution < 1.29 is 15.2 Å². The second kappa shape index (κ2) is 6.76. The first-order valence-corrected chi connectivity index (χ1v) is 6.95. The molecule has 0 unspecified atom stereocenters. The van der Waals surface area contributed by atoms with Gasteiger partial charge in [0, 0.05) is 0 Å². The number of aliphatic hydroxyl groups is 1. The fourth-order valence-electron chi connectivity index (χ4n) is 2.51. The van der Waals surface area contributed by atoms with E-state index in [0.717, 1.165) is 18.3 Å². The minimum absolute atomic E-state index is 0.382. The molecule has 1 aromatic rings. The predicted molar refractivity (Wildman–Crippen MR) is 71.7 cm³/mol. The standard InChI is InChI=1S/C15H23NO2/c1-12-5-4-8-15(9-12)18-11-14(17)10-16-13-6-2-3-7-13/h4-5,8-9,13-14,16-17H,2-3,6-7,10-11H2,1H3/p+1/t14-/m1/s1. The zero-order valence-electron chi connectivity index (χ0n) is 11.1. The zero-order valence-corrected chi connectivity index (χ0v) is 11.1. The fraction of sp³-hybridized carbons (Fsp3) is 0.600. The molecule has 0 radical (unpaired) electrons. The maximum absolute atomic E-state index is 9.88. The largest absolute Gasteiger partial charge is 0.491 e. The van der Waals surface area contributed by atoms with Crippen LogP contribution in [0.25, 0.3) is 0 Å². The number of nitrogens with two attached hydrogens (primary N) is 1. The second-order valence-corrected chi connectivity index (χ2v) is 5.30. The Hall–Kier alpha value is -1.06. The lowest BCUT2D eigenvalue weighted by Crippen LogP contribution is -2.91. The summed E-state index contributed by atoms with van der Waals surface area (Å²) in [5, 5.41) is 12.2.